The van der Waals surface area contributed by atoms with Crippen LogP contribution in [0.2, 0.25) is 0 Å². The molecule has 4 heteroatoms. The van der Waals surface area contributed by atoms with Crippen LogP contribution in [0.3, 0.4) is 0 Å². The topological polar surface area (TPSA) is 49.6 Å². The minimum absolute atomic E-state index is 0.523. The van der Waals surface area contributed by atoms with E-state index in [0.717, 1.165) is 41.2 Å². The van der Waals surface area contributed by atoms with Gasteiger partial charge in [0, 0.05) is 20.9 Å². The quantitative estimate of drug-likeness (QED) is 0.185. The number of rotatable bonds is 4. The van der Waals surface area contributed by atoms with E-state index in [-0.39, 0.29) is 0 Å². The Balaban J connectivity index is 1.11. The van der Waals surface area contributed by atoms with Gasteiger partial charge >= 0.3 is 0 Å². The van der Waals surface area contributed by atoms with Crippen molar-refractivity contribution in [3.8, 4) is 39.8 Å². The summed E-state index contributed by atoms with van der Waals surface area (Å²) in [5.74, 6) is 0.738. The Labute approximate surface area is 307 Å². The minimum atomic E-state index is -0.523. The van der Waals surface area contributed by atoms with Crippen LogP contribution in [-0.4, -0.2) is 9.97 Å². The fourth-order valence-corrected chi connectivity index (χ4v) is 9.52. The van der Waals surface area contributed by atoms with E-state index < -0.39 is 5.41 Å². The fraction of sp³-hybridized carbons (Fsp3) is 0.0625. The van der Waals surface area contributed by atoms with Crippen molar-refractivity contribution >= 4 is 22.9 Å². The van der Waals surface area contributed by atoms with Crippen LogP contribution < -0.4 is 0 Å². The minimum Gasteiger partial charge on any atom is -0.228 e. The van der Waals surface area contributed by atoms with Crippen LogP contribution in [0.15, 0.2) is 174 Å². The second-order valence-electron chi connectivity index (χ2n) is 13.6. The van der Waals surface area contributed by atoms with E-state index in [9.17, 15) is 5.26 Å². The van der Waals surface area contributed by atoms with Gasteiger partial charge in [-0.15, -0.1) is 0 Å². The van der Waals surface area contributed by atoms with Gasteiger partial charge in [-0.1, -0.05) is 139 Å². The average molecular weight is 682 g/mol. The second-order valence-corrected chi connectivity index (χ2v) is 14.6. The van der Waals surface area contributed by atoms with Crippen molar-refractivity contribution in [1.29, 1.82) is 5.26 Å². The highest BCUT2D eigenvalue weighted by Gasteiger charge is 2.50. The predicted octanol–water partition coefficient (Wildman–Crippen LogP) is 11.8. The molecule has 0 radical (unpaired) electrons. The molecule has 1 unspecified atom stereocenters. The highest BCUT2D eigenvalue weighted by atomic mass is 32.2. The number of benzene rings is 6. The summed E-state index contributed by atoms with van der Waals surface area (Å²) in [6.07, 6.45) is 6.32. The summed E-state index contributed by atoms with van der Waals surface area (Å²) >= 11 is 1.80. The van der Waals surface area contributed by atoms with E-state index in [1.165, 1.54) is 59.9 Å². The third kappa shape index (κ3) is 4.74. The molecule has 52 heavy (non-hydrogen) atoms. The molecule has 2 heterocycles. The Bertz CT molecular complexity index is 2610. The molecular formula is C48H31N3S. The summed E-state index contributed by atoms with van der Waals surface area (Å²) in [7, 11) is 0. The summed E-state index contributed by atoms with van der Waals surface area (Å²) in [5.41, 5.74) is 15.4. The van der Waals surface area contributed by atoms with Crippen molar-refractivity contribution in [2.45, 2.75) is 28.0 Å². The number of hydrogen-bond donors (Lipinski definition) is 0. The van der Waals surface area contributed by atoms with E-state index in [4.69, 9.17) is 9.97 Å². The number of fused-ring (bicyclic) bond motifs is 9. The average Bonchev–Trinajstić information content (AvgIpc) is 3.51. The summed E-state index contributed by atoms with van der Waals surface area (Å²) in [6, 6.07) is 56.1. The molecule has 3 nitrogen and oxygen atoms in total. The molecular weight excluding hydrogens is 651 g/mol. The molecule has 0 saturated carbocycles. The molecule has 0 amide bonds. The van der Waals surface area contributed by atoms with Gasteiger partial charge in [-0.3, -0.25) is 0 Å². The molecule has 0 fully saturated rings. The van der Waals surface area contributed by atoms with Gasteiger partial charge in [-0.2, -0.15) is 5.26 Å². The van der Waals surface area contributed by atoms with Gasteiger partial charge in [0.2, 0.25) is 0 Å². The third-order valence-electron chi connectivity index (χ3n) is 10.7. The lowest BCUT2D eigenvalue weighted by atomic mass is 9.66. The Morgan fingerprint density at radius 2 is 1.15 bits per heavy atom. The number of aromatic nitrogens is 2. The van der Waals surface area contributed by atoms with Gasteiger partial charge in [-0.25, -0.2) is 9.97 Å². The monoisotopic (exact) mass is 681 g/mol. The molecule has 1 aromatic heterocycles. The number of hydrogen-bond acceptors (Lipinski definition) is 4. The molecule has 10 rings (SSSR count). The Morgan fingerprint density at radius 3 is 1.94 bits per heavy atom. The van der Waals surface area contributed by atoms with Crippen LogP contribution in [0.5, 0.6) is 0 Å². The molecule has 1 atom stereocenters. The number of nitrogens with zero attached hydrogens (tertiary/aromatic N) is 3. The highest BCUT2D eigenvalue weighted by Crippen LogP contribution is 2.62. The zero-order valence-electron chi connectivity index (χ0n) is 28.3. The van der Waals surface area contributed by atoms with Crippen molar-refractivity contribution in [2.24, 2.45) is 0 Å². The van der Waals surface area contributed by atoms with Crippen LogP contribution in [0.4, 0.5) is 0 Å². The molecule has 2 aliphatic carbocycles. The lowest BCUT2D eigenvalue weighted by Gasteiger charge is -2.40. The van der Waals surface area contributed by atoms with Gasteiger partial charge in [-0.05, 0) is 99.3 Å². The van der Waals surface area contributed by atoms with Crippen molar-refractivity contribution in [3.05, 3.63) is 203 Å². The number of allylic oxidation sites excluding steroid dienone is 4. The number of nitriles is 1. The van der Waals surface area contributed by atoms with E-state index in [1.807, 2.05) is 30.3 Å². The molecule has 3 aliphatic rings. The van der Waals surface area contributed by atoms with Gasteiger partial charge in [0.05, 0.1) is 28.4 Å². The Morgan fingerprint density at radius 1 is 0.500 bits per heavy atom. The maximum absolute atomic E-state index is 10.0. The smallest absolute Gasteiger partial charge is 0.160 e. The first kappa shape index (κ1) is 30.5. The molecule has 1 spiro atoms. The predicted molar refractivity (Wildman–Crippen MR) is 211 cm³/mol. The van der Waals surface area contributed by atoms with Crippen LogP contribution in [0.25, 0.3) is 44.9 Å². The van der Waals surface area contributed by atoms with Crippen LogP contribution in [0.1, 0.15) is 51.9 Å². The fourth-order valence-electron chi connectivity index (χ4n) is 8.35. The second kappa shape index (κ2) is 12.2. The lowest BCUT2D eigenvalue weighted by molar-refractivity contribution is 0.721. The van der Waals surface area contributed by atoms with E-state index in [1.54, 1.807) is 11.8 Å². The van der Waals surface area contributed by atoms with Gasteiger partial charge in [0.25, 0.3) is 0 Å². The van der Waals surface area contributed by atoms with Crippen molar-refractivity contribution < 1.29 is 0 Å². The lowest BCUT2D eigenvalue weighted by Crippen LogP contribution is -2.32. The molecule has 0 saturated heterocycles. The van der Waals surface area contributed by atoms with E-state index in [0.29, 0.717) is 5.56 Å². The van der Waals surface area contributed by atoms with Crippen LogP contribution >= 0.6 is 11.8 Å². The van der Waals surface area contributed by atoms with Crippen LogP contribution in [-0.2, 0) is 5.41 Å². The summed E-state index contributed by atoms with van der Waals surface area (Å²) in [4.78, 5) is 12.5. The van der Waals surface area contributed by atoms with Gasteiger partial charge in [0.15, 0.2) is 5.82 Å². The summed E-state index contributed by atoms with van der Waals surface area (Å²) in [5, 5.41) is 10.0. The SMILES string of the molecule is N#Cc1ccc2c(c1)C1(c3ccccc3S2)c2ccccc2-c2ccc(C3=CC=C(c4cc(-c5ccccc5)nc(-c5ccccc5)n4)CC3)cc21. The van der Waals surface area contributed by atoms with E-state index in [2.05, 4.69) is 140 Å². The van der Waals surface area contributed by atoms with Gasteiger partial charge in [0.1, 0.15) is 0 Å². The van der Waals surface area contributed by atoms with Crippen molar-refractivity contribution in [1.82, 2.24) is 9.97 Å². The first-order chi connectivity index (χ1) is 25.7. The molecule has 1 aliphatic heterocycles. The van der Waals surface area contributed by atoms with Crippen molar-refractivity contribution in [2.75, 3.05) is 0 Å². The zero-order valence-corrected chi connectivity index (χ0v) is 29.1. The summed E-state index contributed by atoms with van der Waals surface area (Å²) in [6.45, 7) is 0. The standard InChI is InChI=1S/C48H31N3S/c49-30-31-19-26-46-42(27-31)48(40-17-9-10-18-45(40)52-46)39-16-8-7-15-37(39)38-25-24-36(28-41(38)48)32-20-22-34(23-21-32)44-29-43(33-11-3-1-4-12-33)50-47(51-44)35-13-5-2-6-14-35/h1-20,22,24-29H,21,23H2. The molecule has 6 aromatic carbocycles. The summed E-state index contributed by atoms with van der Waals surface area (Å²) < 4.78 is 0. The molecule has 7 aromatic rings. The Kier molecular flexibility index (Phi) is 7.16. The zero-order chi connectivity index (χ0) is 34.6. The largest absolute Gasteiger partial charge is 0.228 e. The van der Waals surface area contributed by atoms with E-state index >= 15 is 0 Å². The first-order valence-electron chi connectivity index (χ1n) is 17.7. The van der Waals surface area contributed by atoms with Gasteiger partial charge < -0.3 is 0 Å². The molecule has 0 bridgehead atoms. The third-order valence-corrected chi connectivity index (χ3v) is 11.9. The van der Waals surface area contributed by atoms with Crippen molar-refractivity contribution in [3.63, 3.8) is 0 Å². The maximum atomic E-state index is 10.0. The highest BCUT2D eigenvalue weighted by molar-refractivity contribution is 7.99. The Hall–Kier alpha value is -6.28. The molecule has 0 N–H and O–H groups in total. The molecule has 244 valence electrons. The first-order valence-corrected chi connectivity index (χ1v) is 18.5. The maximum Gasteiger partial charge on any atom is 0.160 e. The van der Waals surface area contributed by atoms with Crippen LogP contribution in [0, 0.1) is 11.3 Å². The normalized spacial score (nSPS) is 16.5.